The van der Waals surface area contributed by atoms with E-state index in [1.54, 1.807) is 18.3 Å². The average Bonchev–Trinajstić information content (AvgIpc) is 2.93. The van der Waals surface area contributed by atoms with Crippen LogP contribution in [0.5, 0.6) is 0 Å². The van der Waals surface area contributed by atoms with E-state index in [0.29, 0.717) is 18.0 Å². The zero-order chi connectivity index (χ0) is 15.1. The van der Waals surface area contributed by atoms with Crippen LogP contribution in [0.15, 0.2) is 35.5 Å². The van der Waals surface area contributed by atoms with Gasteiger partial charge < -0.3 is 11.1 Å². The summed E-state index contributed by atoms with van der Waals surface area (Å²) in [6.07, 6.45) is 8.05. The number of rotatable bonds is 4. The summed E-state index contributed by atoms with van der Waals surface area (Å²) in [4.78, 5) is 20.0. The van der Waals surface area contributed by atoms with Crippen LogP contribution >= 0.6 is 11.6 Å². The van der Waals surface area contributed by atoms with Crippen LogP contribution in [0.25, 0.3) is 0 Å². The van der Waals surface area contributed by atoms with Gasteiger partial charge in [0.25, 0.3) is 0 Å². The molecule has 2 amide bonds. The molecule has 0 bridgehead atoms. The molecule has 0 spiro atoms. The Labute approximate surface area is 128 Å². The molecule has 0 unspecified atom stereocenters. The van der Waals surface area contributed by atoms with Gasteiger partial charge in [0, 0.05) is 19.2 Å². The third kappa shape index (κ3) is 5.07. The van der Waals surface area contributed by atoms with E-state index in [1.165, 1.54) is 0 Å². The number of aliphatic imine (C=N–C) groups is 1. The van der Waals surface area contributed by atoms with Crippen molar-refractivity contribution in [2.75, 3.05) is 6.54 Å². The van der Waals surface area contributed by atoms with E-state index in [2.05, 4.69) is 32.8 Å². The molecule has 1 aromatic rings. The molecule has 1 heterocycles. The molecule has 0 radical (unpaired) electrons. The van der Waals surface area contributed by atoms with Gasteiger partial charge in [-0.25, -0.2) is 9.79 Å². The molecule has 2 rings (SSSR count). The lowest BCUT2D eigenvalue weighted by Crippen LogP contribution is -2.44. The molecular weight excluding hydrogens is 290 g/mol. The molecule has 0 saturated carbocycles. The number of carbonyl (C=O) groups excluding carboxylic acids is 1. The first kappa shape index (κ1) is 15.3. The minimum Gasteiger partial charge on any atom is -0.370 e. The van der Waals surface area contributed by atoms with Crippen LogP contribution in [-0.2, 0) is 6.42 Å². The van der Waals surface area contributed by atoms with Crippen LogP contribution in [0.3, 0.4) is 0 Å². The third-order valence-electron chi connectivity index (χ3n) is 3.03. The zero-order valence-corrected chi connectivity index (χ0v) is 12.3. The molecule has 7 heteroatoms. The Balaban J connectivity index is 1.71. The van der Waals surface area contributed by atoms with E-state index in [-0.39, 0.29) is 18.0 Å². The molecule has 0 saturated heterocycles. The smallest absolute Gasteiger partial charge is 0.321 e. The predicted molar refractivity (Wildman–Crippen MR) is 83.3 cm³/mol. The second-order valence-corrected chi connectivity index (χ2v) is 5.08. The summed E-state index contributed by atoms with van der Waals surface area (Å²) in [5, 5.41) is 5.79. The van der Waals surface area contributed by atoms with Crippen molar-refractivity contribution < 1.29 is 4.79 Å². The Morgan fingerprint density at radius 1 is 1.48 bits per heavy atom. The number of aromatic nitrogens is 1. The number of guanidine groups is 1. The summed E-state index contributed by atoms with van der Waals surface area (Å²) in [5.74, 6) is 0.136. The quantitative estimate of drug-likeness (QED) is 0.448. The molecular formula is C14H18ClN5O. The van der Waals surface area contributed by atoms with E-state index in [4.69, 9.17) is 17.3 Å². The van der Waals surface area contributed by atoms with Crippen molar-refractivity contribution in [1.29, 1.82) is 0 Å². The van der Waals surface area contributed by atoms with Gasteiger partial charge in [0.15, 0.2) is 5.96 Å². The van der Waals surface area contributed by atoms with Gasteiger partial charge in [-0.05, 0) is 25.0 Å². The Hall–Kier alpha value is -2.08. The largest absolute Gasteiger partial charge is 0.370 e. The van der Waals surface area contributed by atoms with Crippen molar-refractivity contribution in [2.45, 2.75) is 25.3 Å². The maximum Gasteiger partial charge on any atom is 0.321 e. The second kappa shape index (κ2) is 7.64. The summed E-state index contributed by atoms with van der Waals surface area (Å²) in [5.41, 5.74) is 6.43. The van der Waals surface area contributed by atoms with E-state index in [0.717, 1.165) is 18.5 Å². The van der Waals surface area contributed by atoms with Crippen LogP contribution < -0.4 is 16.4 Å². The lowest BCUT2D eigenvalue weighted by molar-refractivity contribution is 0.245. The fourth-order valence-corrected chi connectivity index (χ4v) is 2.21. The minimum absolute atomic E-state index is 0.136. The van der Waals surface area contributed by atoms with Crippen molar-refractivity contribution in [3.05, 3.63) is 41.2 Å². The van der Waals surface area contributed by atoms with Gasteiger partial charge in [-0.3, -0.25) is 10.3 Å². The fourth-order valence-electron chi connectivity index (χ4n) is 1.99. The molecule has 6 nitrogen and oxygen atoms in total. The SMILES string of the molecule is NC(=NC1CC=CC1)NC(=O)NCCc1ncccc1Cl. The van der Waals surface area contributed by atoms with E-state index < -0.39 is 0 Å². The molecule has 1 aliphatic carbocycles. The van der Waals surface area contributed by atoms with Crippen LogP contribution in [-0.4, -0.2) is 29.6 Å². The number of nitrogens with zero attached hydrogens (tertiary/aromatic N) is 2. The number of halogens is 1. The standard InChI is InChI=1S/C14H18ClN5O/c15-11-6-3-8-17-12(11)7-9-18-14(21)20-13(16)19-10-4-1-2-5-10/h1-3,6,8,10H,4-5,7,9H2,(H4,16,18,19,20,21). The molecule has 112 valence electrons. The topological polar surface area (TPSA) is 92.4 Å². The minimum atomic E-state index is -0.380. The highest BCUT2D eigenvalue weighted by atomic mass is 35.5. The maximum absolute atomic E-state index is 11.7. The number of carbonyl (C=O) groups is 1. The molecule has 1 aliphatic rings. The Morgan fingerprint density at radius 3 is 2.95 bits per heavy atom. The number of nitrogens with one attached hydrogen (secondary N) is 2. The van der Waals surface area contributed by atoms with Gasteiger partial charge in [-0.15, -0.1) is 0 Å². The molecule has 0 atom stereocenters. The lowest BCUT2D eigenvalue weighted by atomic mass is 10.2. The van der Waals surface area contributed by atoms with Crippen LogP contribution in [0.4, 0.5) is 4.79 Å². The van der Waals surface area contributed by atoms with Crippen molar-refractivity contribution >= 4 is 23.6 Å². The number of urea groups is 1. The third-order valence-corrected chi connectivity index (χ3v) is 3.37. The molecule has 4 N–H and O–H groups in total. The summed E-state index contributed by atoms with van der Waals surface area (Å²) < 4.78 is 0. The van der Waals surface area contributed by atoms with E-state index in [1.807, 2.05) is 0 Å². The summed E-state index contributed by atoms with van der Waals surface area (Å²) in [6, 6.07) is 3.29. The highest BCUT2D eigenvalue weighted by Gasteiger charge is 2.10. The first-order chi connectivity index (χ1) is 10.1. The summed E-state index contributed by atoms with van der Waals surface area (Å²) >= 11 is 5.98. The fraction of sp³-hybridized carbons (Fsp3) is 0.357. The van der Waals surface area contributed by atoms with Gasteiger partial charge in [-0.1, -0.05) is 23.8 Å². The number of hydrogen-bond donors (Lipinski definition) is 3. The van der Waals surface area contributed by atoms with Crippen LogP contribution in [0.1, 0.15) is 18.5 Å². The van der Waals surface area contributed by atoms with Crippen molar-refractivity contribution in [2.24, 2.45) is 10.7 Å². The van der Waals surface area contributed by atoms with E-state index >= 15 is 0 Å². The Kier molecular flexibility index (Phi) is 5.57. The average molecular weight is 308 g/mol. The van der Waals surface area contributed by atoms with Crippen LogP contribution in [0.2, 0.25) is 5.02 Å². The van der Waals surface area contributed by atoms with Gasteiger partial charge >= 0.3 is 6.03 Å². The monoisotopic (exact) mass is 307 g/mol. The second-order valence-electron chi connectivity index (χ2n) is 4.67. The van der Waals surface area contributed by atoms with Crippen molar-refractivity contribution in [3.8, 4) is 0 Å². The first-order valence-corrected chi connectivity index (χ1v) is 7.15. The number of pyridine rings is 1. The number of nitrogens with two attached hydrogens (primary N) is 1. The normalized spacial score (nSPS) is 15.2. The highest BCUT2D eigenvalue weighted by Crippen LogP contribution is 2.13. The zero-order valence-electron chi connectivity index (χ0n) is 11.6. The first-order valence-electron chi connectivity index (χ1n) is 6.77. The summed E-state index contributed by atoms with van der Waals surface area (Å²) in [6.45, 7) is 0.417. The van der Waals surface area contributed by atoms with Gasteiger partial charge in [0.1, 0.15) is 0 Å². The number of amides is 2. The van der Waals surface area contributed by atoms with Crippen molar-refractivity contribution in [3.63, 3.8) is 0 Å². The molecule has 21 heavy (non-hydrogen) atoms. The van der Waals surface area contributed by atoms with Gasteiger partial charge in [-0.2, -0.15) is 0 Å². The van der Waals surface area contributed by atoms with Gasteiger partial charge in [0.2, 0.25) is 0 Å². The summed E-state index contributed by atoms with van der Waals surface area (Å²) in [7, 11) is 0. The lowest BCUT2D eigenvalue weighted by Gasteiger charge is -2.09. The number of hydrogen-bond acceptors (Lipinski definition) is 3. The van der Waals surface area contributed by atoms with Crippen molar-refractivity contribution in [1.82, 2.24) is 15.6 Å². The Morgan fingerprint density at radius 2 is 2.24 bits per heavy atom. The molecule has 1 aromatic heterocycles. The molecule has 0 aromatic carbocycles. The Bertz CT molecular complexity index is 550. The molecule has 0 aliphatic heterocycles. The maximum atomic E-state index is 11.7. The molecule has 0 fully saturated rings. The van der Waals surface area contributed by atoms with Crippen LogP contribution in [0, 0.1) is 0 Å². The van der Waals surface area contributed by atoms with E-state index in [9.17, 15) is 4.79 Å². The van der Waals surface area contributed by atoms with Gasteiger partial charge in [0.05, 0.1) is 16.8 Å². The highest BCUT2D eigenvalue weighted by molar-refractivity contribution is 6.31. The predicted octanol–water partition coefficient (Wildman–Crippen LogP) is 1.61.